The molecule has 7 heteroatoms. The lowest BCUT2D eigenvalue weighted by molar-refractivity contribution is -0.141. The van der Waals surface area contributed by atoms with E-state index in [0.29, 0.717) is 6.54 Å². The van der Waals surface area contributed by atoms with Crippen LogP contribution in [0.1, 0.15) is 20.8 Å². The molecule has 2 atom stereocenters. The summed E-state index contributed by atoms with van der Waals surface area (Å²) in [4.78, 5) is 11.4. The van der Waals surface area contributed by atoms with Crippen molar-refractivity contribution >= 4 is 16.1 Å². The van der Waals surface area contributed by atoms with Crippen LogP contribution in [0.4, 0.5) is 0 Å². The molecule has 0 aliphatic carbocycles. The van der Waals surface area contributed by atoms with Crippen molar-refractivity contribution < 1.29 is 22.1 Å². The number of likely N-dealkylation sites (N-methyl/N-ethyl adjacent to an activating group) is 1. The van der Waals surface area contributed by atoms with Crippen LogP contribution >= 0.6 is 0 Å². The predicted octanol–water partition coefficient (Wildman–Crippen LogP) is 0.406. The molecule has 0 spiro atoms. The molecule has 1 N–H and O–H groups in total. The molecular weight excluding hydrogens is 246 g/mol. The van der Waals surface area contributed by atoms with E-state index < -0.39 is 27.6 Å². The van der Waals surface area contributed by atoms with Crippen LogP contribution in [-0.2, 0) is 23.8 Å². The molecule has 2 unspecified atom stereocenters. The average Bonchev–Trinajstić information content (AvgIpc) is 2.25. The molecule has 0 rings (SSSR count). The molecule has 0 aromatic rings. The van der Waals surface area contributed by atoms with Gasteiger partial charge in [-0.3, -0.25) is 4.18 Å². The Hall–Kier alpha value is -0.920. The highest BCUT2D eigenvalue weighted by molar-refractivity contribution is 7.87. The number of rotatable bonds is 7. The summed E-state index contributed by atoms with van der Waals surface area (Å²) in [5.74, 6) is -0.764. The minimum absolute atomic E-state index is 0.130. The van der Waals surface area contributed by atoms with Crippen LogP contribution in [0, 0.1) is 0 Å². The van der Waals surface area contributed by atoms with E-state index in [1.54, 1.807) is 6.92 Å². The van der Waals surface area contributed by atoms with Gasteiger partial charge in [-0.25, -0.2) is 4.79 Å². The Balaban J connectivity index is 5.00. The van der Waals surface area contributed by atoms with Crippen LogP contribution in [0.25, 0.3) is 0 Å². The van der Waals surface area contributed by atoms with Gasteiger partial charge in [0.1, 0.15) is 0 Å². The Labute approximate surface area is 102 Å². The van der Waals surface area contributed by atoms with E-state index in [0.717, 1.165) is 7.11 Å². The molecule has 0 bridgehead atoms. The monoisotopic (exact) mass is 265 g/mol. The van der Waals surface area contributed by atoms with E-state index in [-0.39, 0.29) is 5.57 Å². The third kappa shape index (κ3) is 4.84. The fourth-order valence-corrected chi connectivity index (χ4v) is 2.12. The lowest BCUT2D eigenvalue weighted by atomic mass is 10.3. The van der Waals surface area contributed by atoms with Gasteiger partial charge >= 0.3 is 16.1 Å². The Kier molecular flexibility index (Phi) is 6.36. The molecular formula is C10H19NO5S. The topological polar surface area (TPSA) is 81.7 Å². The predicted molar refractivity (Wildman–Crippen MR) is 63.8 cm³/mol. The molecule has 6 nitrogen and oxygen atoms in total. The number of hydrogen-bond acceptors (Lipinski definition) is 6. The summed E-state index contributed by atoms with van der Waals surface area (Å²) >= 11 is 0. The van der Waals surface area contributed by atoms with Crippen LogP contribution in [0.5, 0.6) is 0 Å². The Bertz CT molecular complexity index is 376. The van der Waals surface area contributed by atoms with Crippen LogP contribution in [-0.4, -0.2) is 39.5 Å². The highest BCUT2D eigenvalue weighted by Crippen LogP contribution is 2.12. The first-order valence-electron chi connectivity index (χ1n) is 5.15. The number of carbonyl (C=O) groups excluding carboxylic acids is 1. The van der Waals surface area contributed by atoms with Crippen molar-refractivity contribution in [2.75, 3.05) is 13.7 Å². The summed E-state index contributed by atoms with van der Waals surface area (Å²) in [6, 6.07) is -0.576. The number of hydrogen-bond donors (Lipinski definition) is 1. The van der Waals surface area contributed by atoms with E-state index >= 15 is 0 Å². The first-order valence-corrected chi connectivity index (χ1v) is 6.62. The van der Waals surface area contributed by atoms with Crippen LogP contribution < -0.4 is 5.32 Å². The van der Waals surface area contributed by atoms with Gasteiger partial charge in [-0.15, -0.1) is 0 Å². The lowest BCUT2D eigenvalue weighted by Gasteiger charge is -2.23. The highest BCUT2D eigenvalue weighted by atomic mass is 32.2. The van der Waals surface area contributed by atoms with Gasteiger partial charge in [0.25, 0.3) is 0 Å². The second-order valence-corrected chi connectivity index (χ2v) is 5.34. The van der Waals surface area contributed by atoms with E-state index in [4.69, 9.17) is 4.74 Å². The molecule has 0 amide bonds. The summed E-state index contributed by atoms with van der Waals surface area (Å²) < 4.78 is 32.5. The van der Waals surface area contributed by atoms with Crippen molar-refractivity contribution in [2.24, 2.45) is 0 Å². The average molecular weight is 265 g/mol. The number of nitrogens with one attached hydrogen (secondary N) is 1. The van der Waals surface area contributed by atoms with Gasteiger partial charge in [0.2, 0.25) is 5.44 Å². The molecule has 0 aromatic carbocycles. The summed E-state index contributed by atoms with van der Waals surface area (Å²) in [6.07, 6.45) is 0. The maximum absolute atomic E-state index is 11.6. The number of carbonyl (C=O) groups is 1. The van der Waals surface area contributed by atoms with E-state index in [9.17, 15) is 13.2 Å². The van der Waals surface area contributed by atoms with Crippen molar-refractivity contribution in [3.63, 3.8) is 0 Å². The van der Waals surface area contributed by atoms with Gasteiger partial charge in [-0.05, 0) is 20.4 Å². The maximum Gasteiger partial charge on any atom is 0.334 e. The first-order chi connectivity index (χ1) is 7.76. The summed E-state index contributed by atoms with van der Waals surface area (Å²) in [6.45, 7) is 8.78. The zero-order valence-corrected chi connectivity index (χ0v) is 11.3. The van der Waals surface area contributed by atoms with Crippen LogP contribution in [0.2, 0.25) is 0 Å². The molecule has 0 saturated carbocycles. The quantitative estimate of drug-likeness (QED) is 0.408. The van der Waals surface area contributed by atoms with Crippen molar-refractivity contribution in [1.82, 2.24) is 5.32 Å². The second-order valence-electron chi connectivity index (χ2n) is 3.56. The standard InChI is InChI=1S/C10H19NO5S/c1-6-11-8(4)10(17(13,14)15-5)16-9(12)7(2)3/h8,10-11H,2,6H2,1,3-5H3. The third-order valence-corrected chi connectivity index (χ3v) is 3.56. The van der Waals surface area contributed by atoms with E-state index in [1.807, 2.05) is 6.92 Å². The molecule has 100 valence electrons. The summed E-state index contributed by atoms with van der Waals surface area (Å²) in [7, 11) is -2.93. The molecule has 0 heterocycles. The molecule has 0 radical (unpaired) electrons. The Morgan fingerprint density at radius 1 is 1.47 bits per heavy atom. The van der Waals surface area contributed by atoms with Crippen LogP contribution in [0.3, 0.4) is 0 Å². The first kappa shape index (κ1) is 16.1. The Morgan fingerprint density at radius 2 is 2.00 bits per heavy atom. The molecule has 0 saturated heterocycles. The Morgan fingerprint density at radius 3 is 2.35 bits per heavy atom. The molecule has 0 fully saturated rings. The molecule has 0 aliphatic rings. The van der Waals surface area contributed by atoms with Gasteiger partial charge in [0.05, 0.1) is 13.2 Å². The third-order valence-electron chi connectivity index (χ3n) is 2.02. The minimum atomic E-state index is -3.96. The molecule has 0 aromatic heterocycles. The second kappa shape index (κ2) is 6.73. The van der Waals surface area contributed by atoms with Gasteiger partial charge < -0.3 is 10.1 Å². The number of ether oxygens (including phenoxy) is 1. The van der Waals surface area contributed by atoms with E-state index in [2.05, 4.69) is 16.1 Å². The smallest absolute Gasteiger partial charge is 0.334 e. The lowest BCUT2D eigenvalue weighted by Crippen LogP contribution is -2.45. The fraction of sp³-hybridized carbons (Fsp3) is 0.700. The fourth-order valence-electron chi connectivity index (χ4n) is 1.13. The van der Waals surface area contributed by atoms with E-state index in [1.165, 1.54) is 6.92 Å². The maximum atomic E-state index is 11.6. The largest absolute Gasteiger partial charge is 0.438 e. The zero-order valence-electron chi connectivity index (χ0n) is 10.5. The normalized spacial score (nSPS) is 15.1. The van der Waals surface area contributed by atoms with Gasteiger partial charge in [-0.2, -0.15) is 8.42 Å². The van der Waals surface area contributed by atoms with Crippen molar-refractivity contribution in [1.29, 1.82) is 0 Å². The highest BCUT2D eigenvalue weighted by Gasteiger charge is 2.34. The van der Waals surface area contributed by atoms with Crippen molar-refractivity contribution in [2.45, 2.75) is 32.2 Å². The summed E-state index contributed by atoms with van der Waals surface area (Å²) in [5, 5.41) is 2.86. The summed E-state index contributed by atoms with van der Waals surface area (Å²) in [5.41, 5.74) is -1.26. The van der Waals surface area contributed by atoms with Gasteiger partial charge in [-0.1, -0.05) is 13.5 Å². The SMILES string of the molecule is C=C(C)C(=O)OC(C(C)NCC)S(=O)(=O)OC. The zero-order chi connectivity index (χ0) is 13.6. The van der Waals surface area contributed by atoms with Crippen molar-refractivity contribution in [3.05, 3.63) is 12.2 Å². The minimum Gasteiger partial charge on any atom is -0.438 e. The van der Waals surface area contributed by atoms with Gasteiger partial charge in [0, 0.05) is 5.57 Å². The van der Waals surface area contributed by atoms with Gasteiger partial charge in [0.15, 0.2) is 0 Å². The van der Waals surface area contributed by atoms with Crippen molar-refractivity contribution in [3.8, 4) is 0 Å². The number of esters is 1. The molecule has 0 aliphatic heterocycles. The molecule has 17 heavy (non-hydrogen) atoms. The van der Waals surface area contributed by atoms with Crippen LogP contribution in [0.15, 0.2) is 12.2 Å².